The Morgan fingerprint density at radius 2 is 1.23 bits per heavy atom. The van der Waals surface area contributed by atoms with Gasteiger partial charge in [-0.05, 0) is 70.6 Å². The van der Waals surface area contributed by atoms with E-state index >= 15 is 0 Å². The molecular weight excluding hydrogens is 623 g/mol. The number of rotatable bonds is 30. The minimum Gasteiger partial charge on any atom is -0.387 e. The highest BCUT2D eigenvalue weighted by Crippen LogP contribution is 2.43. The monoisotopic (exact) mass is 691 g/mol. The molecule has 3 unspecified atom stereocenters. The normalized spacial score (nSPS) is 15.7. The second-order valence-electron chi connectivity index (χ2n) is 12.9. The maximum Gasteiger partial charge on any atom is 0.472 e. The molecule has 0 fully saturated rings. The summed E-state index contributed by atoms with van der Waals surface area (Å²) in [7, 11) is 1.52. The molecule has 8 nitrogen and oxygen atoms in total. The average molecular weight is 692 g/mol. The summed E-state index contributed by atoms with van der Waals surface area (Å²) in [5.74, 6) is -0.233. The molecule has 0 saturated heterocycles. The fourth-order valence-corrected chi connectivity index (χ4v) is 4.95. The summed E-state index contributed by atoms with van der Waals surface area (Å²) in [6.07, 6.45) is 41.2. The summed E-state index contributed by atoms with van der Waals surface area (Å²) in [6.45, 7) is 4.50. The van der Waals surface area contributed by atoms with Crippen LogP contribution in [0.25, 0.3) is 0 Å². The third kappa shape index (κ3) is 32.2. The molecule has 1 amide bonds. The van der Waals surface area contributed by atoms with Crippen LogP contribution in [0.5, 0.6) is 0 Å². The number of nitrogens with one attached hydrogen (secondary N) is 1. The van der Waals surface area contributed by atoms with Crippen molar-refractivity contribution in [3.63, 3.8) is 0 Å². The molecule has 3 atom stereocenters. The van der Waals surface area contributed by atoms with Gasteiger partial charge in [0.2, 0.25) is 5.91 Å². The highest BCUT2D eigenvalue weighted by atomic mass is 31.2. The van der Waals surface area contributed by atoms with Gasteiger partial charge in [-0.3, -0.25) is 13.8 Å². The summed E-state index contributed by atoms with van der Waals surface area (Å²) in [5, 5.41) is 13.5. The molecule has 0 bridgehead atoms. The first kappa shape index (κ1) is 45.7. The van der Waals surface area contributed by atoms with E-state index in [0.29, 0.717) is 23.9 Å². The van der Waals surface area contributed by atoms with Gasteiger partial charge in [0.25, 0.3) is 0 Å². The molecular formula is C39H68N2O6P+. The number of allylic oxidation sites excluding steroid dienone is 13. The van der Waals surface area contributed by atoms with E-state index in [-0.39, 0.29) is 19.1 Å². The Morgan fingerprint density at radius 3 is 1.75 bits per heavy atom. The van der Waals surface area contributed by atoms with Crippen molar-refractivity contribution in [2.24, 2.45) is 0 Å². The van der Waals surface area contributed by atoms with Gasteiger partial charge in [-0.25, -0.2) is 4.57 Å². The molecule has 0 aromatic carbocycles. The van der Waals surface area contributed by atoms with Gasteiger partial charge >= 0.3 is 7.82 Å². The van der Waals surface area contributed by atoms with E-state index in [2.05, 4.69) is 92.1 Å². The topological polar surface area (TPSA) is 105 Å². The van der Waals surface area contributed by atoms with Gasteiger partial charge in [0, 0.05) is 6.42 Å². The molecule has 0 rings (SSSR count). The summed E-state index contributed by atoms with van der Waals surface area (Å²) in [4.78, 5) is 22.8. The van der Waals surface area contributed by atoms with Gasteiger partial charge in [-0.2, -0.15) is 0 Å². The van der Waals surface area contributed by atoms with E-state index in [4.69, 9.17) is 9.05 Å². The molecule has 0 heterocycles. The Kier molecular flexibility index (Phi) is 29.2. The van der Waals surface area contributed by atoms with Gasteiger partial charge in [-0.1, -0.05) is 112 Å². The van der Waals surface area contributed by atoms with Crippen molar-refractivity contribution >= 4 is 13.7 Å². The Morgan fingerprint density at radius 1 is 0.729 bits per heavy atom. The summed E-state index contributed by atoms with van der Waals surface area (Å²) in [6, 6.07) is -0.870. The van der Waals surface area contributed by atoms with Crippen molar-refractivity contribution < 1.29 is 32.9 Å². The van der Waals surface area contributed by atoms with Crippen LogP contribution in [-0.2, 0) is 18.4 Å². The molecule has 0 aromatic rings. The third-order valence-corrected chi connectivity index (χ3v) is 8.11. The molecule has 0 radical (unpaired) electrons. The van der Waals surface area contributed by atoms with Crippen LogP contribution in [0.3, 0.4) is 0 Å². The first-order chi connectivity index (χ1) is 23.0. The molecule has 48 heavy (non-hydrogen) atoms. The van der Waals surface area contributed by atoms with Crippen LogP contribution >= 0.6 is 7.82 Å². The first-order valence-corrected chi connectivity index (χ1v) is 19.5. The number of quaternary nitrogens is 1. The minimum atomic E-state index is -4.33. The van der Waals surface area contributed by atoms with Gasteiger partial charge < -0.3 is 19.8 Å². The van der Waals surface area contributed by atoms with E-state index in [1.165, 1.54) is 0 Å². The van der Waals surface area contributed by atoms with Crippen molar-refractivity contribution in [3.05, 3.63) is 85.1 Å². The molecule has 9 heteroatoms. The van der Waals surface area contributed by atoms with E-state index in [1.807, 2.05) is 27.2 Å². The number of aliphatic hydroxyl groups is 1. The van der Waals surface area contributed by atoms with Crippen LogP contribution < -0.4 is 5.32 Å². The van der Waals surface area contributed by atoms with Crippen LogP contribution in [0.4, 0.5) is 0 Å². The first-order valence-electron chi connectivity index (χ1n) is 18.0. The van der Waals surface area contributed by atoms with Crippen LogP contribution in [0.2, 0.25) is 0 Å². The molecule has 0 aliphatic heterocycles. The lowest BCUT2D eigenvalue weighted by molar-refractivity contribution is -0.870. The second kappa shape index (κ2) is 30.7. The van der Waals surface area contributed by atoms with Gasteiger partial charge in [-0.15, -0.1) is 0 Å². The van der Waals surface area contributed by atoms with Crippen molar-refractivity contribution in [1.82, 2.24) is 5.32 Å². The highest BCUT2D eigenvalue weighted by Gasteiger charge is 2.27. The molecule has 0 aliphatic carbocycles. The van der Waals surface area contributed by atoms with E-state index in [9.17, 15) is 19.4 Å². The van der Waals surface area contributed by atoms with Crippen molar-refractivity contribution in [1.29, 1.82) is 0 Å². The standard InChI is InChI=1S/C39H67N2O6P/c1-6-8-10-12-13-14-15-16-17-18-19-20-21-22-23-24-25-26-27-29-31-33-39(43)40-37(38(42)32-30-28-11-9-7-2)36-47-48(44,45)46-35-34-41(3,4)5/h8,10,13-14,16-17,19-20,22-23,25-26,30,32,37-38,42H,6-7,9,11-12,15,18,21,24,27-29,31,33-36H2,1-5H3,(H-,40,43,44,45)/p+1/b10-8-,14-13-,17-16-,20-19-,23-22-,26-25-,32-30+. The lowest BCUT2D eigenvalue weighted by atomic mass is 10.1. The summed E-state index contributed by atoms with van der Waals surface area (Å²) < 4.78 is 23.2. The number of carbonyl (C=O) groups is 1. The number of phosphoric ester groups is 1. The number of hydrogen-bond donors (Lipinski definition) is 3. The summed E-state index contributed by atoms with van der Waals surface area (Å²) >= 11 is 0. The van der Waals surface area contributed by atoms with Crippen LogP contribution in [0, 0.1) is 0 Å². The number of nitrogens with zero attached hydrogens (tertiary/aromatic N) is 1. The lowest BCUT2D eigenvalue weighted by Gasteiger charge is -2.25. The average Bonchev–Trinajstić information content (AvgIpc) is 3.02. The van der Waals surface area contributed by atoms with Gasteiger partial charge in [0.05, 0.1) is 39.9 Å². The van der Waals surface area contributed by atoms with Crippen molar-refractivity contribution in [2.45, 2.75) is 116 Å². The van der Waals surface area contributed by atoms with Crippen LogP contribution in [0.15, 0.2) is 85.1 Å². The molecule has 3 N–H and O–H groups in total. The summed E-state index contributed by atoms with van der Waals surface area (Å²) in [5.41, 5.74) is 0. The highest BCUT2D eigenvalue weighted by molar-refractivity contribution is 7.47. The Hall–Kier alpha value is -2.32. The number of phosphoric acid groups is 1. The molecule has 0 spiro atoms. The lowest BCUT2D eigenvalue weighted by Crippen LogP contribution is -2.45. The number of likely N-dealkylation sites (N-methyl/N-ethyl adjacent to an activating group) is 1. The van der Waals surface area contributed by atoms with E-state index < -0.39 is 20.0 Å². The van der Waals surface area contributed by atoms with Crippen LogP contribution in [0.1, 0.15) is 104 Å². The number of aliphatic hydroxyl groups excluding tert-OH is 1. The SMILES string of the molecule is CC/C=C\C/C=C\C/C=C\C/C=C\C/C=C\C/C=C\CCCCC(=O)NC(COP(=O)(O)OCC[N+](C)(C)C)C(O)/C=C/CCCCC. The number of unbranched alkanes of at least 4 members (excludes halogenated alkanes) is 5. The zero-order chi connectivity index (χ0) is 35.8. The predicted molar refractivity (Wildman–Crippen MR) is 203 cm³/mol. The maximum absolute atomic E-state index is 12.7. The second-order valence-corrected chi connectivity index (χ2v) is 14.3. The Balaban J connectivity index is 4.41. The zero-order valence-corrected chi connectivity index (χ0v) is 31.6. The fourth-order valence-electron chi connectivity index (χ4n) is 4.22. The van der Waals surface area contributed by atoms with Crippen molar-refractivity contribution in [3.8, 4) is 0 Å². The van der Waals surface area contributed by atoms with E-state index in [0.717, 1.165) is 77.0 Å². The smallest absolute Gasteiger partial charge is 0.387 e. The number of carbonyl (C=O) groups excluding carboxylic acids is 1. The van der Waals surface area contributed by atoms with Crippen molar-refractivity contribution in [2.75, 3.05) is 40.9 Å². The number of amides is 1. The molecule has 274 valence electrons. The third-order valence-electron chi connectivity index (χ3n) is 7.12. The molecule has 0 saturated carbocycles. The maximum atomic E-state index is 12.7. The van der Waals surface area contributed by atoms with Gasteiger partial charge in [0.15, 0.2) is 0 Å². The molecule has 0 aromatic heterocycles. The predicted octanol–water partition coefficient (Wildman–Crippen LogP) is 9.07. The van der Waals surface area contributed by atoms with E-state index in [1.54, 1.807) is 6.08 Å². The van der Waals surface area contributed by atoms with Gasteiger partial charge in [0.1, 0.15) is 13.2 Å². The zero-order valence-electron chi connectivity index (χ0n) is 30.7. The minimum absolute atomic E-state index is 0.0466. The van der Waals surface area contributed by atoms with Crippen LogP contribution in [-0.4, -0.2) is 73.4 Å². The quantitative estimate of drug-likeness (QED) is 0.0301. The largest absolute Gasteiger partial charge is 0.472 e. The number of hydrogen-bond acceptors (Lipinski definition) is 5. The Bertz CT molecular complexity index is 1060. The Labute approximate surface area is 293 Å². The molecule has 0 aliphatic rings. The fraction of sp³-hybridized carbons (Fsp3) is 0.615.